The molecule has 0 spiro atoms. The first-order valence-electron chi connectivity index (χ1n) is 7.62. The first kappa shape index (κ1) is 13.6. The number of hydrogen-bond donors (Lipinski definition) is 0. The summed E-state index contributed by atoms with van der Waals surface area (Å²) in [7, 11) is 0. The molecule has 21 heavy (non-hydrogen) atoms. The van der Waals surface area contributed by atoms with Gasteiger partial charge in [0, 0.05) is 0 Å². The predicted octanol–water partition coefficient (Wildman–Crippen LogP) is 5.97. The molecule has 0 aliphatic rings. The Morgan fingerprint density at radius 2 is 1.24 bits per heavy atom. The van der Waals surface area contributed by atoms with E-state index in [1.54, 1.807) is 0 Å². The van der Waals surface area contributed by atoms with Crippen molar-refractivity contribution in [3.63, 3.8) is 0 Å². The Labute approximate surface area is 127 Å². The van der Waals surface area contributed by atoms with Crippen LogP contribution >= 0.6 is 0 Å². The highest BCUT2D eigenvalue weighted by atomic mass is 14.1. The van der Waals surface area contributed by atoms with Gasteiger partial charge in [0.25, 0.3) is 0 Å². The van der Waals surface area contributed by atoms with E-state index in [-0.39, 0.29) is 0 Å². The molecule has 0 aliphatic heterocycles. The third-order valence-electron chi connectivity index (χ3n) is 3.82. The second-order valence-electron chi connectivity index (χ2n) is 5.35. The topological polar surface area (TPSA) is 0 Å². The van der Waals surface area contributed by atoms with Crippen LogP contribution in [0.2, 0.25) is 0 Å². The predicted molar refractivity (Wildman–Crippen MR) is 91.3 cm³/mol. The van der Waals surface area contributed by atoms with Crippen molar-refractivity contribution in [2.24, 2.45) is 0 Å². The second kappa shape index (κ2) is 6.41. The van der Waals surface area contributed by atoms with E-state index in [9.17, 15) is 0 Å². The van der Waals surface area contributed by atoms with E-state index in [4.69, 9.17) is 0 Å². The molecule has 0 atom stereocenters. The molecule has 0 heterocycles. The molecule has 3 rings (SSSR count). The van der Waals surface area contributed by atoms with Crippen LogP contribution in [-0.4, -0.2) is 0 Å². The average molecular weight is 272 g/mol. The van der Waals surface area contributed by atoms with Gasteiger partial charge in [-0.05, 0) is 34.2 Å². The van der Waals surface area contributed by atoms with Crippen molar-refractivity contribution in [2.75, 3.05) is 0 Å². The monoisotopic (exact) mass is 272 g/mol. The lowest BCUT2D eigenvalue weighted by atomic mass is 9.93. The van der Waals surface area contributed by atoms with E-state index in [0.29, 0.717) is 0 Å². The van der Waals surface area contributed by atoms with Gasteiger partial charge in [-0.15, -0.1) is 0 Å². The third kappa shape index (κ3) is 3.05. The van der Waals surface area contributed by atoms with Crippen LogP contribution in [0.4, 0.5) is 0 Å². The molecule has 0 fully saturated rings. The van der Waals surface area contributed by atoms with Crippen molar-refractivity contribution in [2.45, 2.75) is 19.8 Å². The fourth-order valence-corrected chi connectivity index (χ4v) is 2.78. The third-order valence-corrected chi connectivity index (χ3v) is 3.82. The fraction of sp³-hybridized carbons (Fsp3) is 0.143. The normalized spacial score (nSPS) is 10.5. The molecule has 0 saturated carbocycles. The summed E-state index contributed by atoms with van der Waals surface area (Å²) in [5.41, 5.74) is 6.69. The summed E-state index contributed by atoms with van der Waals surface area (Å²) in [6, 6.07) is 28.1. The molecule has 3 aromatic carbocycles. The lowest BCUT2D eigenvalue weighted by Crippen LogP contribution is -1.91. The zero-order valence-corrected chi connectivity index (χ0v) is 12.4. The maximum Gasteiger partial charge on any atom is -0.0151 e. The van der Waals surface area contributed by atoms with Crippen LogP contribution in [0.5, 0.6) is 0 Å². The Kier molecular flexibility index (Phi) is 4.16. The van der Waals surface area contributed by atoms with E-state index in [1.165, 1.54) is 27.8 Å². The van der Waals surface area contributed by atoms with Crippen LogP contribution in [0, 0.1) is 0 Å². The SMILES string of the molecule is CCCc1cc(-c2ccccc2)ccc1-c1ccccc1. The minimum atomic E-state index is 1.12. The van der Waals surface area contributed by atoms with E-state index >= 15 is 0 Å². The van der Waals surface area contributed by atoms with Crippen molar-refractivity contribution in [1.29, 1.82) is 0 Å². The summed E-state index contributed by atoms with van der Waals surface area (Å²) >= 11 is 0. The Balaban J connectivity index is 2.07. The van der Waals surface area contributed by atoms with E-state index in [0.717, 1.165) is 12.8 Å². The molecule has 0 aliphatic carbocycles. The Morgan fingerprint density at radius 1 is 0.619 bits per heavy atom. The highest BCUT2D eigenvalue weighted by molar-refractivity contribution is 5.73. The molecule has 0 N–H and O–H groups in total. The maximum absolute atomic E-state index is 2.35. The standard InChI is InChI=1S/C21H20/c1-2-9-20-16-19(17-10-5-3-6-11-17)14-15-21(20)18-12-7-4-8-13-18/h3-8,10-16H,2,9H2,1H3. The summed E-state index contributed by atoms with van der Waals surface area (Å²) in [5.74, 6) is 0. The van der Waals surface area contributed by atoms with Crippen LogP contribution in [0.15, 0.2) is 78.9 Å². The molecule has 0 nitrogen and oxygen atoms in total. The summed E-state index contributed by atoms with van der Waals surface area (Å²) in [4.78, 5) is 0. The molecule has 0 radical (unpaired) electrons. The van der Waals surface area contributed by atoms with Gasteiger partial charge in [0.15, 0.2) is 0 Å². The maximum atomic E-state index is 2.35. The van der Waals surface area contributed by atoms with Gasteiger partial charge in [0.2, 0.25) is 0 Å². The van der Waals surface area contributed by atoms with Gasteiger partial charge in [0.1, 0.15) is 0 Å². The van der Waals surface area contributed by atoms with Gasteiger partial charge >= 0.3 is 0 Å². The zero-order chi connectivity index (χ0) is 14.5. The minimum Gasteiger partial charge on any atom is -0.0651 e. The largest absolute Gasteiger partial charge is 0.0651 e. The van der Waals surface area contributed by atoms with Crippen molar-refractivity contribution >= 4 is 0 Å². The van der Waals surface area contributed by atoms with E-state index < -0.39 is 0 Å². The summed E-state index contributed by atoms with van der Waals surface area (Å²) in [6.45, 7) is 2.24. The summed E-state index contributed by atoms with van der Waals surface area (Å²) in [5, 5.41) is 0. The molecule has 0 heteroatoms. The molecular weight excluding hydrogens is 252 g/mol. The van der Waals surface area contributed by atoms with Crippen molar-refractivity contribution < 1.29 is 0 Å². The highest BCUT2D eigenvalue weighted by Crippen LogP contribution is 2.29. The number of hydrogen-bond acceptors (Lipinski definition) is 0. The summed E-state index contributed by atoms with van der Waals surface area (Å²) < 4.78 is 0. The smallest absolute Gasteiger partial charge is 0.0151 e. The minimum absolute atomic E-state index is 1.12. The second-order valence-corrected chi connectivity index (χ2v) is 5.35. The van der Waals surface area contributed by atoms with Gasteiger partial charge in [0.05, 0.1) is 0 Å². The Morgan fingerprint density at radius 3 is 1.86 bits per heavy atom. The quantitative estimate of drug-likeness (QED) is 0.548. The number of rotatable bonds is 4. The molecular formula is C21H20. The fourth-order valence-electron chi connectivity index (χ4n) is 2.78. The first-order chi connectivity index (χ1) is 10.4. The molecule has 0 aromatic heterocycles. The van der Waals surface area contributed by atoms with Crippen LogP contribution < -0.4 is 0 Å². The molecule has 0 amide bonds. The average Bonchev–Trinajstić information content (AvgIpc) is 2.57. The van der Waals surface area contributed by atoms with E-state index in [1.807, 2.05) is 0 Å². The number of benzene rings is 3. The van der Waals surface area contributed by atoms with Crippen molar-refractivity contribution in [3.05, 3.63) is 84.4 Å². The summed E-state index contributed by atoms with van der Waals surface area (Å²) in [6.07, 6.45) is 2.28. The lowest BCUT2D eigenvalue weighted by molar-refractivity contribution is 0.924. The van der Waals surface area contributed by atoms with Gasteiger partial charge in [-0.1, -0.05) is 92.2 Å². The van der Waals surface area contributed by atoms with Crippen molar-refractivity contribution in [1.82, 2.24) is 0 Å². The van der Waals surface area contributed by atoms with Crippen molar-refractivity contribution in [3.8, 4) is 22.3 Å². The van der Waals surface area contributed by atoms with E-state index in [2.05, 4.69) is 85.8 Å². The molecule has 104 valence electrons. The van der Waals surface area contributed by atoms with Crippen LogP contribution in [-0.2, 0) is 6.42 Å². The van der Waals surface area contributed by atoms with Gasteiger partial charge in [-0.2, -0.15) is 0 Å². The Hall–Kier alpha value is -2.34. The molecule has 0 saturated heterocycles. The Bertz CT molecular complexity index is 697. The molecule has 0 bridgehead atoms. The zero-order valence-electron chi connectivity index (χ0n) is 12.4. The van der Waals surface area contributed by atoms with Gasteiger partial charge in [-0.3, -0.25) is 0 Å². The number of aryl methyl sites for hydroxylation is 1. The van der Waals surface area contributed by atoms with Crippen LogP contribution in [0.3, 0.4) is 0 Å². The van der Waals surface area contributed by atoms with Gasteiger partial charge in [-0.25, -0.2) is 0 Å². The van der Waals surface area contributed by atoms with Gasteiger partial charge < -0.3 is 0 Å². The molecule has 3 aromatic rings. The highest BCUT2D eigenvalue weighted by Gasteiger charge is 2.06. The lowest BCUT2D eigenvalue weighted by Gasteiger charge is -2.12. The van der Waals surface area contributed by atoms with Crippen LogP contribution in [0.1, 0.15) is 18.9 Å². The first-order valence-corrected chi connectivity index (χ1v) is 7.62. The molecule has 0 unspecified atom stereocenters. The van der Waals surface area contributed by atoms with Crippen LogP contribution in [0.25, 0.3) is 22.3 Å².